The molecule has 0 saturated heterocycles. The van der Waals surface area contributed by atoms with Gasteiger partial charge in [0.25, 0.3) is 0 Å². The number of aromatic nitrogens is 2. The fourth-order valence-corrected chi connectivity index (χ4v) is 3.30. The van der Waals surface area contributed by atoms with Crippen molar-refractivity contribution < 1.29 is 37.7 Å². The molecule has 2 N–H and O–H groups in total. The molecule has 0 spiro atoms. The lowest BCUT2D eigenvalue weighted by Crippen LogP contribution is -2.21. The standard InChI is InChI=1S/C19H13F3N2O5/c20-19(21,22)29-11-5-4-10-8-13(16(25)26)24(12(10)9-11)15-3-1-2-14(23-15)18(6-7-18)17(27)28/h1-5,8-9H,6-7H2,(H,25,26)(H,27,28). The zero-order chi connectivity index (χ0) is 21.0. The molecule has 1 fully saturated rings. The van der Waals surface area contributed by atoms with Gasteiger partial charge in [0.1, 0.15) is 22.7 Å². The van der Waals surface area contributed by atoms with Crippen molar-refractivity contribution in [3.63, 3.8) is 0 Å². The van der Waals surface area contributed by atoms with Gasteiger partial charge in [-0.15, -0.1) is 13.2 Å². The highest BCUT2D eigenvalue weighted by molar-refractivity contribution is 5.96. The highest BCUT2D eigenvalue weighted by Crippen LogP contribution is 2.47. The van der Waals surface area contributed by atoms with E-state index in [2.05, 4.69) is 9.72 Å². The van der Waals surface area contributed by atoms with Crippen molar-refractivity contribution >= 4 is 22.8 Å². The molecule has 1 saturated carbocycles. The number of rotatable bonds is 5. The van der Waals surface area contributed by atoms with E-state index in [1.807, 2.05) is 0 Å². The molecule has 0 aliphatic heterocycles. The fraction of sp³-hybridized carbons (Fsp3) is 0.211. The first-order valence-corrected chi connectivity index (χ1v) is 8.47. The van der Waals surface area contributed by atoms with Gasteiger partial charge < -0.3 is 14.9 Å². The van der Waals surface area contributed by atoms with Crippen LogP contribution >= 0.6 is 0 Å². The Kier molecular flexibility index (Phi) is 4.03. The zero-order valence-electron chi connectivity index (χ0n) is 14.6. The van der Waals surface area contributed by atoms with E-state index in [0.29, 0.717) is 18.2 Å². The van der Waals surface area contributed by atoms with Crippen LogP contribution in [0.15, 0.2) is 42.5 Å². The zero-order valence-corrected chi connectivity index (χ0v) is 14.6. The van der Waals surface area contributed by atoms with E-state index >= 15 is 0 Å². The maximum atomic E-state index is 12.6. The van der Waals surface area contributed by atoms with Gasteiger partial charge in [-0.1, -0.05) is 6.07 Å². The van der Waals surface area contributed by atoms with Crippen LogP contribution in [-0.2, 0) is 10.2 Å². The summed E-state index contributed by atoms with van der Waals surface area (Å²) in [6, 6.07) is 9.29. The Morgan fingerprint density at radius 2 is 1.83 bits per heavy atom. The Labute approximate surface area is 161 Å². The van der Waals surface area contributed by atoms with E-state index in [1.165, 1.54) is 34.9 Å². The predicted molar refractivity (Wildman–Crippen MR) is 93.3 cm³/mol. The van der Waals surface area contributed by atoms with Gasteiger partial charge in [-0.05, 0) is 43.2 Å². The lowest BCUT2D eigenvalue weighted by molar-refractivity contribution is -0.274. The quantitative estimate of drug-likeness (QED) is 0.669. The van der Waals surface area contributed by atoms with Crippen molar-refractivity contribution in [3.8, 4) is 11.6 Å². The minimum absolute atomic E-state index is 0.0894. The first-order chi connectivity index (χ1) is 13.6. The summed E-state index contributed by atoms with van der Waals surface area (Å²) in [4.78, 5) is 27.6. The van der Waals surface area contributed by atoms with Crippen molar-refractivity contribution in [2.45, 2.75) is 24.6 Å². The number of aromatic carboxylic acids is 1. The van der Waals surface area contributed by atoms with E-state index in [4.69, 9.17) is 0 Å². The number of benzene rings is 1. The first kappa shape index (κ1) is 18.8. The summed E-state index contributed by atoms with van der Waals surface area (Å²) in [5.74, 6) is -2.77. The molecule has 150 valence electrons. The number of carbonyl (C=O) groups is 2. The fourth-order valence-electron chi connectivity index (χ4n) is 3.30. The third-order valence-corrected chi connectivity index (χ3v) is 4.84. The summed E-state index contributed by atoms with van der Waals surface area (Å²) < 4.78 is 42.8. The number of carboxylic acid groups (broad SMARTS) is 2. The summed E-state index contributed by atoms with van der Waals surface area (Å²) in [6.07, 6.45) is -4.10. The molecule has 0 amide bonds. The van der Waals surface area contributed by atoms with Gasteiger partial charge in [-0.2, -0.15) is 0 Å². The number of hydrogen-bond donors (Lipinski definition) is 2. The van der Waals surface area contributed by atoms with Crippen LogP contribution in [0.5, 0.6) is 5.75 Å². The summed E-state index contributed by atoms with van der Waals surface area (Å²) in [6.45, 7) is 0. The molecular weight excluding hydrogens is 393 g/mol. The van der Waals surface area contributed by atoms with Gasteiger partial charge in [0, 0.05) is 11.5 Å². The van der Waals surface area contributed by atoms with Crippen LogP contribution in [-0.4, -0.2) is 38.1 Å². The first-order valence-electron chi connectivity index (χ1n) is 8.47. The average molecular weight is 406 g/mol. The van der Waals surface area contributed by atoms with Crippen LogP contribution in [0.25, 0.3) is 16.7 Å². The maximum Gasteiger partial charge on any atom is 0.573 e. The number of aliphatic carboxylic acids is 1. The molecule has 0 unspecified atom stereocenters. The van der Waals surface area contributed by atoms with Gasteiger partial charge in [-0.3, -0.25) is 9.36 Å². The summed E-state index contributed by atoms with van der Waals surface area (Å²) in [5.41, 5.74) is -0.946. The maximum absolute atomic E-state index is 12.6. The van der Waals surface area contributed by atoms with Crippen molar-refractivity contribution in [1.29, 1.82) is 0 Å². The largest absolute Gasteiger partial charge is 0.573 e. The van der Waals surface area contributed by atoms with Crippen LogP contribution in [0, 0.1) is 0 Å². The molecule has 29 heavy (non-hydrogen) atoms. The number of alkyl halides is 3. The molecule has 0 bridgehead atoms. The van der Waals surface area contributed by atoms with Crippen LogP contribution < -0.4 is 4.74 Å². The molecular formula is C19H13F3N2O5. The molecule has 0 atom stereocenters. The minimum atomic E-state index is -4.90. The second kappa shape index (κ2) is 6.23. The molecule has 0 radical (unpaired) electrons. The highest BCUT2D eigenvalue weighted by Gasteiger charge is 2.53. The Bertz CT molecular complexity index is 1150. The number of carboxylic acids is 2. The third kappa shape index (κ3) is 3.26. The minimum Gasteiger partial charge on any atom is -0.481 e. The Morgan fingerprint density at radius 1 is 1.10 bits per heavy atom. The van der Waals surface area contributed by atoms with E-state index in [1.54, 1.807) is 0 Å². The molecule has 1 aliphatic rings. The molecule has 10 heteroatoms. The molecule has 7 nitrogen and oxygen atoms in total. The average Bonchev–Trinajstić information content (AvgIpc) is 3.36. The molecule has 2 aromatic heterocycles. The van der Waals surface area contributed by atoms with Crippen molar-refractivity contribution in [3.05, 3.63) is 53.9 Å². The number of ether oxygens (including phenoxy) is 1. The lowest BCUT2D eigenvalue weighted by Gasteiger charge is -2.14. The van der Waals surface area contributed by atoms with E-state index in [9.17, 15) is 33.0 Å². The Balaban J connectivity index is 1.90. The second-order valence-electron chi connectivity index (χ2n) is 6.71. The smallest absolute Gasteiger partial charge is 0.481 e. The summed E-state index contributed by atoms with van der Waals surface area (Å²) in [5, 5.41) is 19.4. The SMILES string of the molecule is O=C(O)c1cc2ccc(OC(F)(F)F)cc2n1-c1cccc(C2(C(=O)O)CC2)n1. The van der Waals surface area contributed by atoms with Gasteiger partial charge in [0.05, 0.1) is 11.2 Å². The second-order valence-corrected chi connectivity index (χ2v) is 6.71. The third-order valence-electron chi connectivity index (χ3n) is 4.84. The molecule has 4 rings (SSSR count). The summed E-state index contributed by atoms with van der Waals surface area (Å²) in [7, 11) is 0. The van der Waals surface area contributed by atoms with Crippen molar-refractivity contribution in [1.82, 2.24) is 9.55 Å². The van der Waals surface area contributed by atoms with Crippen molar-refractivity contribution in [2.75, 3.05) is 0 Å². The normalized spacial score (nSPS) is 15.3. The van der Waals surface area contributed by atoms with Gasteiger partial charge >= 0.3 is 18.3 Å². The molecule has 1 aromatic carbocycles. The van der Waals surface area contributed by atoms with Crippen molar-refractivity contribution in [2.24, 2.45) is 0 Å². The Morgan fingerprint density at radius 3 is 2.41 bits per heavy atom. The monoisotopic (exact) mass is 406 g/mol. The van der Waals surface area contributed by atoms with Crippen LogP contribution in [0.4, 0.5) is 13.2 Å². The van der Waals surface area contributed by atoms with Gasteiger partial charge in [-0.25, -0.2) is 9.78 Å². The Hall–Kier alpha value is -3.56. The van der Waals surface area contributed by atoms with E-state index in [-0.39, 0.29) is 22.7 Å². The summed E-state index contributed by atoms with van der Waals surface area (Å²) >= 11 is 0. The number of nitrogens with zero attached hydrogens (tertiary/aromatic N) is 2. The van der Waals surface area contributed by atoms with Crippen LogP contribution in [0.3, 0.4) is 0 Å². The predicted octanol–water partition coefficient (Wildman–Crippen LogP) is 3.74. The molecule has 1 aliphatic carbocycles. The van der Waals surface area contributed by atoms with Gasteiger partial charge in [0.15, 0.2) is 0 Å². The highest BCUT2D eigenvalue weighted by atomic mass is 19.4. The van der Waals surface area contributed by atoms with Gasteiger partial charge in [0.2, 0.25) is 0 Å². The number of hydrogen-bond acceptors (Lipinski definition) is 4. The van der Waals surface area contributed by atoms with E-state index < -0.39 is 29.5 Å². The number of halogens is 3. The van der Waals surface area contributed by atoms with Crippen LogP contribution in [0.1, 0.15) is 29.0 Å². The molecule has 3 aromatic rings. The lowest BCUT2D eigenvalue weighted by atomic mass is 10.0. The molecule has 2 heterocycles. The number of fused-ring (bicyclic) bond motifs is 1. The topological polar surface area (TPSA) is 102 Å². The van der Waals surface area contributed by atoms with Crippen LogP contribution in [0.2, 0.25) is 0 Å². The number of pyridine rings is 1. The van der Waals surface area contributed by atoms with E-state index in [0.717, 1.165) is 12.1 Å².